The van der Waals surface area contributed by atoms with Crippen molar-refractivity contribution in [3.8, 4) is 101 Å². The van der Waals surface area contributed by atoms with Crippen LogP contribution >= 0.6 is 0 Å². The summed E-state index contributed by atoms with van der Waals surface area (Å²) in [6.07, 6.45) is 7.56. The molecule has 376 valence electrons. The number of benzene rings is 11. The Labute approximate surface area is 467 Å². The third-order valence-corrected chi connectivity index (χ3v) is 17.1. The maximum absolute atomic E-state index is 5.32. The number of fused-ring (bicyclic) bond motifs is 10. The number of nitrogens with zero attached hydrogens (tertiary/aromatic N) is 3. The summed E-state index contributed by atoms with van der Waals surface area (Å²) >= 11 is 0. The van der Waals surface area contributed by atoms with Gasteiger partial charge < -0.3 is 0 Å². The molecule has 15 rings (SSSR count). The first kappa shape index (κ1) is 47.1. The third kappa shape index (κ3) is 7.84. The number of hydrogen-bond donors (Lipinski definition) is 0. The Bertz CT molecular complexity index is 4230. The van der Waals surface area contributed by atoms with Crippen molar-refractivity contribution in [2.45, 2.75) is 17.8 Å². The Balaban J connectivity index is 0.990. The highest BCUT2D eigenvalue weighted by Crippen LogP contribution is 2.68. The van der Waals surface area contributed by atoms with Gasteiger partial charge in [-0.15, -0.1) is 0 Å². The highest BCUT2D eigenvalue weighted by atomic mass is 15.0. The molecule has 3 atom stereocenters. The van der Waals surface area contributed by atoms with Crippen molar-refractivity contribution in [2.75, 3.05) is 0 Å². The van der Waals surface area contributed by atoms with Gasteiger partial charge in [0.05, 0.1) is 5.41 Å². The topological polar surface area (TPSA) is 38.7 Å². The molecular formula is C77H53N3. The van der Waals surface area contributed by atoms with Gasteiger partial charge in [-0.05, 0) is 149 Å². The lowest BCUT2D eigenvalue weighted by Crippen LogP contribution is -2.39. The fraction of sp³-hybridized carbons (Fsp3) is 0.0519. The zero-order chi connectivity index (χ0) is 53.2. The van der Waals surface area contributed by atoms with E-state index in [0.29, 0.717) is 17.5 Å². The summed E-state index contributed by atoms with van der Waals surface area (Å²) in [5.41, 5.74) is 23.7. The van der Waals surface area contributed by atoms with Crippen LogP contribution in [0.3, 0.4) is 0 Å². The summed E-state index contributed by atoms with van der Waals surface area (Å²) in [7, 11) is 0. The number of allylic oxidation sites excluding steroid dienone is 4. The van der Waals surface area contributed by atoms with Crippen molar-refractivity contribution >= 4 is 5.57 Å². The second kappa shape index (κ2) is 19.1. The Kier molecular flexibility index (Phi) is 11.3. The normalized spacial score (nSPS) is 17.3. The van der Waals surface area contributed by atoms with Gasteiger partial charge in [0.15, 0.2) is 17.5 Å². The Hall–Kier alpha value is -10.1. The molecule has 12 aromatic rings. The van der Waals surface area contributed by atoms with Crippen LogP contribution in [0.15, 0.2) is 297 Å². The van der Waals surface area contributed by atoms with Crippen molar-refractivity contribution in [1.82, 2.24) is 15.0 Å². The van der Waals surface area contributed by atoms with Crippen LogP contribution in [0.5, 0.6) is 0 Å². The fourth-order valence-corrected chi connectivity index (χ4v) is 13.3. The molecule has 3 heteroatoms. The van der Waals surface area contributed by atoms with E-state index in [4.69, 9.17) is 15.0 Å². The van der Waals surface area contributed by atoms with Gasteiger partial charge in [-0.25, -0.2) is 15.0 Å². The summed E-state index contributed by atoms with van der Waals surface area (Å²) in [5.74, 6) is 1.87. The average molecular weight is 1020 g/mol. The van der Waals surface area contributed by atoms with Crippen molar-refractivity contribution < 1.29 is 0 Å². The van der Waals surface area contributed by atoms with Gasteiger partial charge in [0.25, 0.3) is 0 Å². The molecule has 80 heavy (non-hydrogen) atoms. The monoisotopic (exact) mass is 1020 g/mol. The Morgan fingerprint density at radius 2 is 0.650 bits per heavy atom. The van der Waals surface area contributed by atoms with Crippen LogP contribution in [-0.2, 0) is 10.8 Å². The van der Waals surface area contributed by atoms with Crippen molar-refractivity contribution in [3.63, 3.8) is 0 Å². The predicted molar refractivity (Wildman–Crippen MR) is 329 cm³/mol. The molecule has 3 nitrogen and oxygen atoms in total. The zero-order valence-electron chi connectivity index (χ0n) is 44.2. The minimum atomic E-state index is -0.645. The molecule has 0 radical (unpaired) electrons. The number of aromatic nitrogens is 3. The lowest BCUT2D eigenvalue weighted by molar-refractivity contribution is 0.373. The molecule has 1 spiro atoms. The quantitative estimate of drug-likeness (QED) is 0.145. The smallest absolute Gasteiger partial charge is 0.164 e. The molecule has 0 saturated carbocycles. The van der Waals surface area contributed by atoms with E-state index < -0.39 is 10.8 Å². The molecule has 3 unspecified atom stereocenters. The molecule has 1 heterocycles. The van der Waals surface area contributed by atoms with Crippen LogP contribution < -0.4 is 0 Å². The van der Waals surface area contributed by atoms with Gasteiger partial charge in [-0.2, -0.15) is 0 Å². The van der Waals surface area contributed by atoms with E-state index in [9.17, 15) is 0 Å². The molecule has 0 N–H and O–H groups in total. The number of hydrogen-bond acceptors (Lipinski definition) is 3. The van der Waals surface area contributed by atoms with Gasteiger partial charge in [0, 0.05) is 28.0 Å². The number of rotatable bonds is 9. The van der Waals surface area contributed by atoms with Gasteiger partial charge in [0.2, 0.25) is 0 Å². The first-order chi connectivity index (χ1) is 39.5. The molecule has 1 aromatic heterocycles. The fourth-order valence-electron chi connectivity index (χ4n) is 13.3. The molecule has 0 saturated heterocycles. The summed E-state index contributed by atoms with van der Waals surface area (Å²) in [5, 5.41) is 0. The third-order valence-electron chi connectivity index (χ3n) is 17.1. The summed E-state index contributed by atoms with van der Waals surface area (Å²) in [6, 6.07) is 101. The van der Waals surface area contributed by atoms with Crippen molar-refractivity contribution in [1.29, 1.82) is 0 Å². The van der Waals surface area contributed by atoms with Crippen LogP contribution in [0.1, 0.15) is 34.7 Å². The van der Waals surface area contributed by atoms with E-state index in [2.05, 4.69) is 268 Å². The second-order valence-corrected chi connectivity index (χ2v) is 21.7. The molecule has 0 bridgehead atoms. The lowest BCUT2D eigenvalue weighted by atomic mass is 9.60. The average Bonchev–Trinajstić information content (AvgIpc) is 2.88. The van der Waals surface area contributed by atoms with Crippen LogP contribution in [0.2, 0.25) is 0 Å². The van der Waals surface area contributed by atoms with Gasteiger partial charge in [-0.1, -0.05) is 256 Å². The summed E-state index contributed by atoms with van der Waals surface area (Å²) in [4.78, 5) is 15.8. The minimum absolute atomic E-state index is 0.0490. The van der Waals surface area contributed by atoms with Crippen LogP contribution in [0, 0.1) is 5.92 Å². The molecule has 0 aliphatic heterocycles. The lowest BCUT2D eigenvalue weighted by Gasteiger charge is -2.41. The molecule has 3 aliphatic rings. The van der Waals surface area contributed by atoms with Crippen molar-refractivity contribution in [2.24, 2.45) is 5.92 Å². The van der Waals surface area contributed by atoms with E-state index in [0.717, 1.165) is 16.7 Å². The first-order valence-electron chi connectivity index (χ1n) is 27.7. The van der Waals surface area contributed by atoms with Gasteiger partial charge in [0.1, 0.15) is 0 Å². The maximum atomic E-state index is 5.32. The van der Waals surface area contributed by atoms with E-state index in [1.165, 1.54) is 100 Å². The summed E-state index contributed by atoms with van der Waals surface area (Å²) in [6.45, 7) is 2.47. The minimum Gasteiger partial charge on any atom is -0.208 e. The second-order valence-electron chi connectivity index (χ2n) is 21.7. The van der Waals surface area contributed by atoms with E-state index in [1.54, 1.807) is 0 Å². The predicted octanol–water partition coefficient (Wildman–Crippen LogP) is 19.1. The van der Waals surface area contributed by atoms with E-state index >= 15 is 0 Å². The molecule has 0 amide bonds. The van der Waals surface area contributed by atoms with Crippen LogP contribution in [-0.4, -0.2) is 15.0 Å². The molecular weight excluding hydrogens is 967 g/mol. The summed E-state index contributed by atoms with van der Waals surface area (Å²) < 4.78 is 0. The Morgan fingerprint density at radius 1 is 0.275 bits per heavy atom. The molecule has 11 aromatic carbocycles. The molecule has 3 aliphatic carbocycles. The van der Waals surface area contributed by atoms with Crippen LogP contribution in [0.4, 0.5) is 0 Å². The van der Waals surface area contributed by atoms with Gasteiger partial charge >= 0.3 is 0 Å². The van der Waals surface area contributed by atoms with Crippen LogP contribution in [0.25, 0.3) is 106 Å². The maximum Gasteiger partial charge on any atom is 0.164 e. The zero-order valence-corrected chi connectivity index (χ0v) is 44.2. The van der Waals surface area contributed by atoms with Gasteiger partial charge in [-0.3, -0.25) is 0 Å². The largest absolute Gasteiger partial charge is 0.208 e. The SMILES string of the molecule is CC12C=CC(c3cc(-c4ccccc4)cc(-c4ccccc4)c3)=CC1C1(c3ccccc3-c3ccc(-c4nc(-c5ccccc5)nc(-c5ccccc5)n4)cc31)c1cc(-c3cc(-c4ccccc4)cc(-c4ccccc4)c3)ccc12. The highest BCUT2D eigenvalue weighted by molar-refractivity contribution is 5.92. The highest BCUT2D eigenvalue weighted by Gasteiger charge is 2.62. The van der Waals surface area contributed by atoms with E-state index in [1.807, 2.05) is 36.4 Å². The van der Waals surface area contributed by atoms with Crippen molar-refractivity contribution in [3.05, 3.63) is 325 Å². The first-order valence-corrected chi connectivity index (χ1v) is 27.7. The standard InChI is InChI=1S/C77H53N3/c1-76-41-40-58(65-46-62(53-26-12-4-13-27-53)43-63(47-65)54-28-14-5-15-29-54)50-72(76)77(71-48-57(37-39-69(71)76)64-44-60(51-22-8-2-9-23-51)42-61(45-64)52-24-10-3-11-25-52)68-35-21-20-34-66(68)67-38-36-59(49-70(67)77)75-79-73(55-30-16-6-17-31-55)78-74(80-75)56-32-18-7-19-33-56/h2-50,72H,1H3. The van der Waals surface area contributed by atoms with E-state index in [-0.39, 0.29) is 5.92 Å². The molecule has 0 fully saturated rings. The Morgan fingerprint density at radius 3 is 1.14 bits per heavy atom.